The van der Waals surface area contributed by atoms with Crippen LogP contribution in [0.1, 0.15) is 90.4 Å². The smallest absolute Gasteiger partial charge is 0.172 e. The van der Waals surface area contributed by atoms with E-state index < -0.39 is 11.9 Å². The molecule has 10 aliphatic rings. The van der Waals surface area contributed by atoms with Gasteiger partial charge in [0.25, 0.3) is 0 Å². The molecule has 1 spiro atoms. The molecule has 0 aliphatic carbocycles. The Morgan fingerprint density at radius 2 is 1.54 bits per heavy atom. The Morgan fingerprint density at radius 1 is 0.808 bits per heavy atom. The number of hydrogen-bond acceptors (Lipinski definition) is 11. The molecule has 10 heterocycles. The largest absolute Gasteiger partial charge is 0.425 e. The zero-order valence-corrected chi connectivity index (χ0v) is 33.7. The minimum absolute atomic E-state index is 0. The number of ketones is 1. The van der Waals surface area contributed by atoms with Gasteiger partial charge < -0.3 is 54.7 Å². The third kappa shape index (κ3) is 7.17. The summed E-state index contributed by atoms with van der Waals surface area (Å²) in [4.78, 5) is 14.0. The number of fused-ring (bicyclic) bond motifs is 6. The van der Waals surface area contributed by atoms with Gasteiger partial charge >= 0.3 is 0 Å². The van der Waals surface area contributed by atoms with Gasteiger partial charge in [-0.15, -0.1) is 0 Å². The van der Waals surface area contributed by atoms with Crippen LogP contribution in [0.25, 0.3) is 0 Å². The van der Waals surface area contributed by atoms with Crippen molar-refractivity contribution in [3.63, 3.8) is 0 Å². The van der Waals surface area contributed by atoms with Gasteiger partial charge in [-0.25, -0.2) is 0 Å². The summed E-state index contributed by atoms with van der Waals surface area (Å²) in [6.45, 7) is 14.9. The van der Waals surface area contributed by atoms with Crippen LogP contribution in [-0.2, 0) is 80.1 Å². The van der Waals surface area contributed by atoms with E-state index in [0.717, 1.165) is 56.1 Å². The number of hydrogen-bond donors (Lipinski definition) is 1. The fourth-order valence-corrected chi connectivity index (χ4v) is 11.2. The van der Waals surface area contributed by atoms with Crippen molar-refractivity contribution in [2.75, 3.05) is 7.11 Å². The second-order valence-corrected chi connectivity index (χ2v) is 17.2. The maximum absolute atomic E-state index is 14.0. The van der Waals surface area contributed by atoms with Crippen LogP contribution in [-0.4, -0.2) is 121 Å². The summed E-state index contributed by atoms with van der Waals surface area (Å²) < 4.78 is 59.9. The van der Waals surface area contributed by atoms with Crippen molar-refractivity contribution >= 4 is 5.78 Å². The van der Waals surface area contributed by atoms with Crippen LogP contribution in [0.5, 0.6) is 0 Å². The molecule has 0 aromatic heterocycles. The van der Waals surface area contributed by atoms with Gasteiger partial charge in [-0.05, 0) is 68.4 Å². The fourth-order valence-electron chi connectivity index (χ4n) is 11.2. The summed E-state index contributed by atoms with van der Waals surface area (Å²) in [5.41, 5.74) is 2.21. The van der Waals surface area contributed by atoms with Crippen LogP contribution in [0.15, 0.2) is 24.3 Å². The third-order valence-electron chi connectivity index (χ3n) is 13.7. The molecule has 10 rings (SSSR count). The summed E-state index contributed by atoms with van der Waals surface area (Å²) in [7, 11) is 1.66. The molecule has 0 amide bonds. The molecule has 19 atom stereocenters. The number of rotatable bonds is 3. The van der Waals surface area contributed by atoms with E-state index in [1.54, 1.807) is 7.11 Å². The fraction of sp³-hybridized carbons (Fsp3) is 0.850. The van der Waals surface area contributed by atoms with Gasteiger partial charge in [-0.1, -0.05) is 26.2 Å². The molecule has 11 nitrogen and oxygen atoms in total. The molecule has 0 saturated carbocycles. The average molecular weight is 803 g/mol. The first-order chi connectivity index (χ1) is 24.6. The predicted octanol–water partition coefficient (Wildman–Crippen LogP) is 4.31. The van der Waals surface area contributed by atoms with Gasteiger partial charge in [0.1, 0.15) is 36.3 Å². The van der Waals surface area contributed by atoms with Gasteiger partial charge in [-0.2, -0.15) is 0 Å². The van der Waals surface area contributed by atoms with Crippen molar-refractivity contribution in [3.8, 4) is 0 Å². The Labute approximate surface area is 333 Å². The number of aliphatic hydroxyl groups is 1. The Morgan fingerprint density at radius 3 is 2.35 bits per heavy atom. The summed E-state index contributed by atoms with van der Waals surface area (Å²) in [5.74, 6) is -0.590. The number of ether oxygens (including phenoxy) is 9. The van der Waals surface area contributed by atoms with Crippen LogP contribution in [0, 0.1) is 18.8 Å². The van der Waals surface area contributed by atoms with E-state index >= 15 is 0 Å². The van der Waals surface area contributed by atoms with Crippen LogP contribution < -0.4 is 0 Å². The van der Waals surface area contributed by atoms with E-state index in [1.165, 1.54) is 0 Å². The van der Waals surface area contributed by atoms with Crippen LogP contribution >= 0.6 is 0 Å². The Hall–Kier alpha value is -0.146. The normalized spacial score (nSPS) is 52.2. The van der Waals surface area contributed by atoms with E-state index in [2.05, 4.69) is 27.0 Å². The monoisotopic (exact) mass is 802 g/mol. The average Bonchev–Trinajstić information content (AvgIpc) is 3.76. The molecule has 0 unspecified atom stereocenters. The Bertz CT molecular complexity index is 1360. The molecule has 1 radical (unpaired) electrons. The summed E-state index contributed by atoms with van der Waals surface area (Å²) >= 11 is 0. The Kier molecular flexibility index (Phi) is 11.4. The van der Waals surface area contributed by atoms with Crippen molar-refractivity contribution in [1.29, 1.82) is 0 Å². The zero-order valence-electron chi connectivity index (χ0n) is 30.8. The summed E-state index contributed by atoms with van der Waals surface area (Å²) in [6.07, 6.45) is 4.92. The summed E-state index contributed by atoms with van der Waals surface area (Å²) in [6, 6.07) is 0. The van der Waals surface area contributed by atoms with E-state index in [4.69, 9.17) is 42.6 Å². The van der Waals surface area contributed by atoms with Gasteiger partial charge in [0.15, 0.2) is 5.79 Å². The molecule has 287 valence electrons. The van der Waals surface area contributed by atoms with E-state index in [9.17, 15) is 9.90 Å². The van der Waals surface area contributed by atoms with Crippen molar-refractivity contribution < 1.29 is 85.2 Å². The molecule has 10 aliphatic heterocycles. The molecule has 0 aromatic rings. The van der Waals surface area contributed by atoms with Crippen LogP contribution in [0.2, 0.25) is 0 Å². The first-order valence-corrected chi connectivity index (χ1v) is 19.8. The maximum atomic E-state index is 14.0. The zero-order chi connectivity index (χ0) is 35.2. The van der Waals surface area contributed by atoms with Crippen LogP contribution in [0.3, 0.4) is 0 Å². The molecular formula is C40H57O11Y-. The SMILES string of the molecule is C=C1C[C@@H]2CC[C@@]34C[C@H]5O[C@H]6[C@@H](O3)[C@H]3O[C@H](CC[C@@H]3O[C@H]6[C@H]5O4)CC(=O)C[C@@H]3[C@@H](OC)[C@@H](C[C@@H]([CH2-])O)O[C@H]3C[C@H]3O[C@@H](CC[C@@H]1O2)C[C@@H](C)C3=C.[Y]. The van der Waals surface area contributed by atoms with Gasteiger partial charge in [-0.3, -0.25) is 4.79 Å². The second-order valence-electron chi connectivity index (χ2n) is 17.2. The molecule has 12 heteroatoms. The number of methoxy groups -OCH3 is 1. The molecule has 1 N–H and O–H groups in total. The molecular weight excluding hydrogens is 745 g/mol. The van der Waals surface area contributed by atoms with E-state index in [-0.39, 0.29) is 155 Å². The van der Waals surface area contributed by atoms with Crippen molar-refractivity contribution in [1.82, 2.24) is 0 Å². The first kappa shape index (κ1) is 38.7. The third-order valence-corrected chi connectivity index (χ3v) is 13.7. The summed E-state index contributed by atoms with van der Waals surface area (Å²) in [5, 5.41) is 10.2. The molecule has 10 fully saturated rings. The maximum Gasteiger partial charge on any atom is 0.172 e. The quantitative estimate of drug-likeness (QED) is 0.325. The van der Waals surface area contributed by atoms with E-state index in [1.807, 2.05) is 0 Å². The number of carbonyl (C=O) groups is 1. The molecule has 52 heavy (non-hydrogen) atoms. The van der Waals surface area contributed by atoms with Gasteiger partial charge in [0.2, 0.25) is 0 Å². The molecule has 0 aromatic carbocycles. The van der Waals surface area contributed by atoms with Gasteiger partial charge in [0, 0.05) is 77.8 Å². The first-order valence-electron chi connectivity index (χ1n) is 19.8. The minimum atomic E-state index is -0.807. The van der Waals surface area contributed by atoms with Gasteiger partial charge in [0.05, 0.1) is 61.0 Å². The second kappa shape index (κ2) is 15.3. The standard InChI is InChI=1S/C40H57O11.Y/c1-19-12-24-6-8-28-20(2)13-26(44-28)10-11-40-18-33-36(50-40)37-38(49-33)39(51-40)35-29(48-37)9-7-25(46-35)15-23(42)16-27-31(17-30(45-24)22(19)4)47-32(14-21(3)41)34(27)43-5;/h19,21,24-39,41H,2-4,6-18H2,1,5H3;/q-1;/t19-,21-,24+,25-,26+,27+,28+,29+,30-,31+,32-,33-,34-,35+,36+,37+,38-,39+,40+;/m1./s1. The number of Topliss-reactive ketones (excluding diaryl/α,β-unsaturated/α-hetero) is 1. The van der Waals surface area contributed by atoms with Crippen molar-refractivity contribution in [3.05, 3.63) is 31.2 Å². The van der Waals surface area contributed by atoms with Crippen molar-refractivity contribution in [2.24, 2.45) is 11.8 Å². The minimum Gasteiger partial charge on any atom is -0.425 e. The Balaban J connectivity index is 0.00000387. The van der Waals surface area contributed by atoms with E-state index in [0.29, 0.717) is 25.7 Å². The van der Waals surface area contributed by atoms with Crippen molar-refractivity contribution in [2.45, 2.75) is 194 Å². The van der Waals surface area contributed by atoms with Crippen LogP contribution in [0.4, 0.5) is 0 Å². The predicted molar refractivity (Wildman–Crippen MR) is 183 cm³/mol. The topological polar surface area (TPSA) is 120 Å². The number of carbonyl (C=O) groups excluding carboxylic acids is 1. The molecule has 10 saturated heterocycles. The number of aliphatic hydroxyl groups excluding tert-OH is 1. The molecule has 12 bridgehead atoms.